The van der Waals surface area contributed by atoms with Gasteiger partial charge in [-0.05, 0) is 35.6 Å². The van der Waals surface area contributed by atoms with Crippen molar-refractivity contribution in [1.29, 1.82) is 0 Å². The van der Waals surface area contributed by atoms with Crippen LogP contribution >= 0.6 is 11.3 Å². The van der Waals surface area contributed by atoms with Gasteiger partial charge in [-0.2, -0.15) is 0 Å². The summed E-state index contributed by atoms with van der Waals surface area (Å²) in [7, 11) is 0. The largest absolute Gasteiger partial charge is 0.326 e. The summed E-state index contributed by atoms with van der Waals surface area (Å²) < 4.78 is 0. The van der Waals surface area contributed by atoms with Crippen molar-refractivity contribution in [3.8, 4) is 0 Å². The van der Waals surface area contributed by atoms with Gasteiger partial charge >= 0.3 is 0 Å². The third kappa shape index (κ3) is 3.09. The van der Waals surface area contributed by atoms with Crippen LogP contribution in [0.15, 0.2) is 46.6 Å². The van der Waals surface area contributed by atoms with E-state index in [-0.39, 0.29) is 11.5 Å². The number of carbonyl (C=O) groups is 1. The molecule has 3 rings (SSSR count). The van der Waals surface area contributed by atoms with Crippen molar-refractivity contribution in [3.63, 3.8) is 0 Å². The van der Waals surface area contributed by atoms with Gasteiger partial charge in [-0.15, -0.1) is 11.3 Å². The smallest absolute Gasteiger partial charge is 0.248 e. The number of rotatable bonds is 4. The van der Waals surface area contributed by atoms with Gasteiger partial charge in [-0.3, -0.25) is 9.59 Å². The molecule has 22 heavy (non-hydrogen) atoms. The van der Waals surface area contributed by atoms with E-state index in [2.05, 4.69) is 10.3 Å². The Morgan fingerprint density at radius 3 is 2.86 bits per heavy atom. The van der Waals surface area contributed by atoms with E-state index in [1.807, 2.05) is 42.6 Å². The van der Waals surface area contributed by atoms with E-state index in [1.165, 1.54) is 0 Å². The van der Waals surface area contributed by atoms with Crippen molar-refractivity contribution in [2.75, 3.05) is 5.32 Å². The number of fused-ring (bicyclic) bond motifs is 1. The van der Waals surface area contributed by atoms with Crippen molar-refractivity contribution >= 4 is 33.8 Å². The molecule has 112 valence electrons. The molecule has 0 radical (unpaired) electrons. The highest BCUT2D eigenvalue weighted by Gasteiger charge is 2.07. The second kappa shape index (κ2) is 6.15. The topological polar surface area (TPSA) is 62.0 Å². The van der Waals surface area contributed by atoms with Gasteiger partial charge in [0, 0.05) is 22.0 Å². The molecule has 1 amide bonds. The summed E-state index contributed by atoms with van der Waals surface area (Å²) in [5.74, 6) is -0.0595. The summed E-state index contributed by atoms with van der Waals surface area (Å²) in [5, 5.41) is 5.84. The van der Waals surface area contributed by atoms with E-state index in [1.54, 1.807) is 17.4 Å². The van der Waals surface area contributed by atoms with Gasteiger partial charge in [0.15, 0.2) is 0 Å². The minimum Gasteiger partial charge on any atom is -0.326 e. The number of thiophene rings is 1. The zero-order chi connectivity index (χ0) is 15.5. The van der Waals surface area contributed by atoms with Gasteiger partial charge in [0.25, 0.3) is 0 Å². The van der Waals surface area contributed by atoms with E-state index < -0.39 is 0 Å². The Labute approximate surface area is 131 Å². The van der Waals surface area contributed by atoms with Gasteiger partial charge < -0.3 is 10.3 Å². The Kier molecular flexibility index (Phi) is 4.06. The summed E-state index contributed by atoms with van der Waals surface area (Å²) in [6, 6.07) is 11.1. The number of hydrogen-bond acceptors (Lipinski definition) is 3. The van der Waals surface area contributed by atoms with Crippen LogP contribution in [-0.2, 0) is 17.6 Å². The molecule has 0 aliphatic carbocycles. The lowest BCUT2D eigenvalue weighted by Gasteiger charge is -2.08. The van der Waals surface area contributed by atoms with Crippen molar-refractivity contribution < 1.29 is 4.79 Å². The molecule has 0 unspecified atom stereocenters. The monoisotopic (exact) mass is 312 g/mol. The molecule has 2 N–H and O–H groups in total. The third-order valence-corrected chi connectivity index (χ3v) is 4.38. The Bertz CT molecular complexity index is 866. The molecule has 1 aromatic carbocycles. The second-order valence-corrected chi connectivity index (χ2v) is 6.11. The van der Waals surface area contributed by atoms with Crippen LogP contribution < -0.4 is 10.9 Å². The highest BCUT2D eigenvalue weighted by Crippen LogP contribution is 2.20. The molecule has 0 spiro atoms. The minimum absolute atomic E-state index is 0.0595. The molecule has 0 bridgehead atoms. The molecule has 4 nitrogen and oxygen atoms in total. The first-order valence-corrected chi connectivity index (χ1v) is 8.02. The van der Waals surface area contributed by atoms with Gasteiger partial charge in [-0.25, -0.2) is 0 Å². The molecule has 2 aromatic heterocycles. The standard InChI is InChI=1S/C17H16N2O2S/c1-2-11-8-16(20)19-15-9-12(5-6-14(11)15)18-17(21)10-13-4-3-7-22-13/h3-9H,2,10H2,1H3,(H,18,21)(H,19,20). The molecule has 0 fully saturated rings. The number of nitrogens with one attached hydrogen (secondary N) is 2. The van der Waals surface area contributed by atoms with Crippen LogP contribution in [0.25, 0.3) is 10.9 Å². The second-order valence-electron chi connectivity index (χ2n) is 5.08. The molecule has 0 saturated carbocycles. The zero-order valence-corrected chi connectivity index (χ0v) is 13.0. The van der Waals surface area contributed by atoms with Crippen molar-refractivity contribution in [1.82, 2.24) is 4.98 Å². The first-order chi connectivity index (χ1) is 10.7. The molecule has 0 aliphatic heterocycles. The van der Waals surface area contributed by atoms with Crippen LogP contribution in [0.3, 0.4) is 0 Å². The van der Waals surface area contributed by atoms with E-state index in [0.29, 0.717) is 12.1 Å². The molecule has 3 aromatic rings. The maximum absolute atomic E-state index is 12.0. The average molecular weight is 312 g/mol. The minimum atomic E-state index is -0.119. The number of hydrogen-bond donors (Lipinski definition) is 2. The van der Waals surface area contributed by atoms with Crippen LogP contribution in [0.4, 0.5) is 5.69 Å². The molecule has 5 heteroatoms. The summed E-state index contributed by atoms with van der Waals surface area (Å²) in [5.41, 5.74) is 2.33. The lowest BCUT2D eigenvalue weighted by molar-refractivity contribution is -0.115. The number of aromatic nitrogens is 1. The van der Waals surface area contributed by atoms with Gasteiger partial charge in [0.1, 0.15) is 0 Å². The molecule has 0 aliphatic rings. The lowest BCUT2D eigenvalue weighted by Crippen LogP contribution is -2.14. The van der Waals surface area contributed by atoms with Crippen LogP contribution in [-0.4, -0.2) is 10.9 Å². The van der Waals surface area contributed by atoms with E-state index >= 15 is 0 Å². The van der Waals surface area contributed by atoms with Crippen molar-refractivity contribution in [3.05, 3.63) is 62.6 Å². The Morgan fingerprint density at radius 1 is 1.27 bits per heavy atom. The molecular weight excluding hydrogens is 296 g/mol. The third-order valence-electron chi connectivity index (χ3n) is 3.51. The normalized spacial score (nSPS) is 10.8. The predicted molar refractivity (Wildman–Crippen MR) is 90.6 cm³/mol. The Morgan fingerprint density at radius 2 is 2.14 bits per heavy atom. The SMILES string of the molecule is CCc1cc(=O)[nH]c2cc(NC(=O)Cc3cccs3)ccc12. The summed E-state index contributed by atoms with van der Waals surface area (Å²) in [6.07, 6.45) is 1.16. The predicted octanol–water partition coefficient (Wildman–Crippen LogP) is 3.33. The fraction of sp³-hybridized carbons (Fsp3) is 0.176. The van der Waals surface area contributed by atoms with Gasteiger partial charge in [-0.1, -0.05) is 19.1 Å². The lowest BCUT2D eigenvalue weighted by atomic mass is 10.1. The first kappa shape index (κ1) is 14.5. The van der Waals surface area contributed by atoms with Crippen molar-refractivity contribution in [2.45, 2.75) is 19.8 Å². The summed E-state index contributed by atoms with van der Waals surface area (Å²) >= 11 is 1.56. The number of H-pyrrole nitrogens is 1. The van der Waals surface area contributed by atoms with Gasteiger partial charge in [0.05, 0.1) is 11.9 Å². The molecular formula is C17H16N2O2S. The van der Waals surface area contributed by atoms with E-state index in [4.69, 9.17) is 0 Å². The Hall–Kier alpha value is -2.40. The fourth-order valence-electron chi connectivity index (χ4n) is 2.48. The molecule has 0 saturated heterocycles. The number of amides is 1. The Balaban J connectivity index is 1.85. The summed E-state index contributed by atoms with van der Waals surface area (Å²) in [6.45, 7) is 2.02. The van der Waals surface area contributed by atoms with Crippen LogP contribution in [0.2, 0.25) is 0 Å². The van der Waals surface area contributed by atoms with Crippen LogP contribution in [0.5, 0.6) is 0 Å². The number of benzene rings is 1. The maximum Gasteiger partial charge on any atom is 0.248 e. The number of anilines is 1. The zero-order valence-electron chi connectivity index (χ0n) is 12.2. The number of aryl methyl sites for hydroxylation is 1. The van der Waals surface area contributed by atoms with E-state index in [0.717, 1.165) is 27.8 Å². The number of carbonyl (C=O) groups excluding carboxylic acids is 1. The first-order valence-electron chi connectivity index (χ1n) is 7.14. The fourth-order valence-corrected chi connectivity index (χ4v) is 3.18. The molecule has 0 atom stereocenters. The number of aromatic amines is 1. The van der Waals surface area contributed by atoms with Crippen molar-refractivity contribution in [2.24, 2.45) is 0 Å². The average Bonchev–Trinajstić information content (AvgIpc) is 2.98. The summed E-state index contributed by atoms with van der Waals surface area (Å²) in [4.78, 5) is 27.5. The maximum atomic E-state index is 12.0. The quantitative estimate of drug-likeness (QED) is 0.776. The highest BCUT2D eigenvalue weighted by atomic mass is 32.1. The van der Waals surface area contributed by atoms with E-state index in [9.17, 15) is 9.59 Å². The molecule has 2 heterocycles. The van der Waals surface area contributed by atoms with Crippen LogP contribution in [0, 0.1) is 0 Å². The highest BCUT2D eigenvalue weighted by molar-refractivity contribution is 7.10. The number of pyridine rings is 1. The van der Waals surface area contributed by atoms with Gasteiger partial charge in [0.2, 0.25) is 11.5 Å². The van der Waals surface area contributed by atoms with Crippen LogP contribution in [0.1, 0.15) is 17.4 Å².